The molecule has 0 N–H and O–H groups in total. The smallest absolute Gasteiger partial charge is 0.140 e. The molecule has 0 aliphatic rings. The third kappa shape index (κ3) is 2.60. The number of imidazole rings is 1. The van der Waals surface area contributed by atoms with E-state index in [-0.39, 0.29) is 5.41 Å². The lowest BCUT2D eigenvalue weighted by molar-refractivity contribution is 0.590. The average molecular weight is 267 g/mol. The Labute approximate surface area is 120 Å². The third-order valence-corrected chi connectivity index (χ3v) is 3.73. The molecule has 0 unspecified atom stereocenters. The Kier molecular flexibility index (Phi) is 3.67. The van der Waals surface area contributed by atoms with Crippen molar-refractivity contribution in [2.75, 3.05) is 0 Å². The summed E-state index contributed by atoms with van der Waals surface area (Å²) in [7, 11) is 2.00. The molecule has 1 aromatic heterocycles. The van der Waals surface area contributed by atoms with Gasteiger partial charge in [-0.1, -0.05) is 45.0 Å². The van der Waals surface area contributed by atoms with E-state index in [0.717, 1.165) is 22.8 Å². The first-order valence-electron chi connectivity index (χ1n) is 6.84. The van der Waals surface area contributed by atoms with Gasteiger partial charge in [-0.05, 0) is 17.9 Å². The van der Waals surface area contributed by atoms with Crippen LogP contribution >= 0.6 is 0 Å². The predicted molar refractivity (Wildman–Crippen MR) is 81.4 cm³/mol. The molecule has 0 saturated heterocycles. The van der Waals surface area contributed by atoms with Crippen LogP contribution < -0.4 is 0 Å². The summed E-state index contributed by atoms with van der Waals surface area (Å²) < 4.78 is 2.05. The minimum absolute atomic E-state index is 0.155. The molecule has 0 spiro atoms. The number of benzene rings is 1. The Bertz CT molecular complexity index is 649. The lowest BCUT2D eigenvalue weighted by atomic mass is 9.87. The highest BCUT2D eigenvalue weighted by Gasteiger charge is 2.15. The van der Waals surface area contributed by atoms with Crippen molar-refractivity contribution in [1.82, 2.24) is 9.55 Å². The first kappa shape index (κ1) is 14.3. The Morgan fingerprint density at radius 2 is 1.80 bits per heavy atom. The van der Waals surface area contributed by atoms with Gasteiger partial charge in [-0.15, -0.1) is 0 Å². The number of hydrogen-bond acceptors (Lipinski definition) is 2. The Hall–Kier alpha value is -2.08. The highest BCUT2D eigenvalue weighted by Crippen LogP contribution is 2.26. The van der Waals surface area contributed by atoms with E-state index in [1.807, 2.05) is 14.0 Å². The molecule has 0 bridgehead atoms. The zero-order valence-electron chi connectivity index (χ0n) is 12.9. The minimum Gasteiger partial charge on any atom is -0.331 e. The van der Waals surface area contributed by atoms with Crippen LogP contribution in [0.3, 0.4) is 0 Å². The maximum absolute atomic E-state index is 8.84. The number of nitrogens with zero attached hydrogens (tertiary/aromatic N) is 3. The second kappa shape index (κ2) is 5.13. The van der Waals surface area contributed by atoms with Crippen LogP contribution in [0.15, 0.2) is 24.3 Å². The second-order valence-electron chi connectivity index (χ2n) is 6.19. The quantitative estimate of drug-likeness (QED) is 0.831. The fourth-order valence-corrected chi connectivity index (χ4v) is 2.26. The Morgan fingerprint density at radius 1 is 1.20 bits per heavy atom. The fraction of sp³-hybridized carbons (Fsp3) is 0.412. The maximum atomic E-state index is 8.84. The van der Waals surface area contributed by atoms with Gasteiger partial charge in [-0.25, -0.2) is 4.98 Å². The average Bonchev–Trinajstić information content (AvgIpc) is 2.67. The number of aromatic nitrogens is 2. The Balaban J connectivity index is 2.43. The first-order chi connectivity index (χ1) is 9.34. The van der Waals surface area contributed by atoms with Crippen LogP contribution in [0.5, 0.6) is 0 Å². The molecule has 104 valence electrons. The molecule has 2 rings (SSSR count). The van der Waals surface area contributed by atoms with E-state index in [4.69, 9.17) is 5.26 Å². The minimum atomic E-state index is 0.155. The summed E-state index contributed by atoms with van der Waals surface area (Å²) in [6.45, 7) is 8.63. The molecule has 2 aromatic rings. The van der Waals surface area contributed by atoms with Crippen molar-refractivity contribution in [3.8, 4) is 17.5 Å². The van der Waals surface area contributed by atoms with Gasteiger partial charge in [-0.3, -0.25) is 0 Å². The summed E-state index contributed by atoms with van der Waals surface area (Å²) in [5.41, 5.74) is 4.48. The van der Waals surface area contributed by atoms with E-state index in [1.165, 1.54) is 5.56 Å². The molecule has 0 saturated carbocycles. The van der Waals surface area contributed by atoms with Crippen molar-refractivity contribution in [3.05, 3.63) is 41.2 Å². The van der Waals surface area contributed by atoms with Crippen LogP contribution in [0, 0.1) is 18.3 Å². The van der Waals surface area contributed by atoms with Crippen molar-refractivity contribution in [2.24, 2.45) is 7.05 Å². The van der Waals surface area contributed by atoms with Crippen LogP contribution in [-0.2, 0) is 18.9 Å². The highest BCUT2D eigenvalue weighted by atomic mass is 15.1. The molecule has 0 aliphatic carbocycles. The molecule has 0 radical (unpaired) electrons. The summed E-state index contributed by atoms with van der Waals surface area (Å²) in [6, 6.07) is 10.7. The first-order valence-corrected chi connectivity index (χ1v) is 6.84. The summed E-state index contributed by atoms with van der Waals surface area (Å²) in [5, 5.41) is 8.84. The standard InChI is InChI=1S/C17H21N3/c1-12-15(10-11-18)19-16(20(12)5)13-6-8-14(9-7-13)17(2,3)4/h6-9H,10H2,1-5H3. The molecule has 20 heavy (non-hydrogen) atoms. The van der Waals surface area contributed by atoms with E-state index in [2.05, 4.69) is 60.7 Å². The topological polar surface area (TPSA) is 41.6 Å². The molecular weight excluding hydrogens is 246 g/mol. The zero-order chi connectivity index (χ0) is 14.9. The van der Waals surface area contributed by atoms with Crippen molar-refractivity contribution in [2.45, 2.75) is 39.5 Å². The van der Waals surface area contributed by atoms with Crippen molar-refractivity contribution >= 4 is 0 Å². The maximum Gasteiger partial charge on any atom is 0.140 e. The fourth-order valence-electron chi connectivity index (χ4n) is 2.26. The normalized spacial score (nSPS) is 11.4. The zero-order valence-corrected chi connectivity index (χ0v) is 12.9. The van der Waals surface area contributed by atoms with Gasteiger partial charge in [0.25, 0.3) is 0 Å². The van der Waals surface area contributed by atoms with E-state index in [0.29, 0.717) is 6.42 Å². The number of hydrogen-bond donors (Lipinski definition) is 0. The van der Waals surface area contributed by atoms with Crippen LogP contribution in [0.1, 0.15) is 37.7 Å². The van der Waals surface area contributed by atoms with Crippen LogP contribution in [0.2, 0.25) is 0 Å². The van der Waals surface area contributed by atoms with Gasteiger partial charge >= 0.3 is 0 Å². The van der Waals surface area contributed by atoms with Gasteiger partial charge in [0.05, 0.1) is 18.2 Å². The summed E-state index contributed by atoms with van der Waals surface area (Å²) >= 11 is 0. The SMILES string of the molecule is Cc1c(CC#N)nc(-c2ccc(C(C)(C)C)cc2)n1C. The van der Waals surface area contributed by atoms with Crippen LogP contribution in [0.25, 0.3) is 11.4 Å². The third-order valence-electron chi connectivity index (χ3n) is 3.73. The van der Waals surface area contributed by atoms with Crippen molar-refractivity contribution < 1.29 is 0 Å². The summed E-state index contributed by atoms with van der Waals surface area (Å²) in [4.78, 5) is 4.60. The van der Waals surface area contributed by atoms with Gasteiger partial charge in [0.1, 0.15) is 5.82 Å². The summed E-state index contributed by atoms with van der Waals surface area (Å²) in [6.07, 6.45) is 0.361. The van der Waals surface area contributed by atoms with Gasteiger partial charge in [-0.2, -0.15) is 5.26 Å². The highest BCUT2D eigenvalue weighted by molar-refractivity contribution is 5.58. The van der Waals surface area contributed by atoms with Gasteiger partial charge < -0.3 is 4.57 Å². The lowest BCUT2D eigenvalue weighted by Gasteiger charge is -2.19. The number of nitriles is 1. The molecular formula is C17H21N3. The van der Waals surface area contributed by atoms with Crippen molar-refractivity contribution in [1.29, 1.82) is 5.26 Å². The molecule has 3 nitrogen and oxygen atoms in total. The molecule has 1 heterocycles. The lowest BCUT2D eigenvalue weighted by Crippen LogP contribution is -2.10. The molecule has 0 fully saturated rings. The van der Waals surface area contributed by atoms with Crippen LogP contribution in [-0.4, -0.2) is 9.55 Å². The largest absolute Gasteiger partial charge is 0.331 e. The monoisotopic (exact) mass is 267 g/mol. The van der Waals surface area contributed by atoms with Crippen LogP contribution in [0.4, 0.5) is 0 Å². The molecule has 1 aromatic carbocycles. The van der Waals surface area contributed by atoms with Gasteiger partial charge in [0.15, 0.2) is 0 Å². The van der Waals surface area contributed by atoms with E-state index in [1.54, 1.807) is 0 Å². The van der Waals surface area contributed by atoms with Gasteiger partial charge in [0, 0.05) is 18.3 Å². The molecule has 3 heteroatoms. The summed E-state index contributed by atoms with van der Waals surface area (Å²) in [5.74, 6) is 0.924. The van der Waals surface area contributed by atoms with E-state index in [9.17, 15) is 0 Å². The van der Waals surface area contributed by atoms with E-state index >= 15 is 0 Å². The molecule has 0 aliphatic heterocycles. The second-order valence-corrected chi connectivity index (χ2v) is 6.19. The van der Waals surface area contributed by atoms with Gasteiger partial charge in [0.2, 0.25) is 0 Å². The predicted octanol–water partition coefficient (Wildman–Crippen LogP) is 3.76. The molecule has 0 amide bonds. The van der Waals surface area contributed by atoms with E-state index < -0.39 is 0 Å². The molecule has 0 atom stereocenters. The van der Waals surface area contributed by atoms with Crippen molar-refractivity contribution in [3.63, 3.8) is 0 Å². The number of rotatable bonds is 2. The Morgan fingerprint density at radius 3 is 2.30 bits per heavy atom.